The molecule has 0 radical (unpaired) electrons. The highest BCUT2D eigenvalue weighted by Crippen LogP contribution is 2.26. The van der Waals surface area contributed by atoms with Crippen molar-refractivity contribution in [3.63, 3.8) is 0 Å². The summed E-state index contributed by atoms with van der Waals surface area (Å²) in [4.78, 5) is 11.9. The number of anilines is 1. The third-order valence-corrected chi connectivity index (χ3v) is 2.98. The summed E-state index contributed by atoms with van der Waals surface area (Å²) in [6, 6.07) is 1.90. The molecule has 1 heterocycles. The number of hydrogen-bond acceptors (Lipinski definition) is 2. The maximum atomic E-state index is 11.9. The first-order valence-electron chi connectivity index (χ1n) is 7.02. The van der Waals surface area contributed by atoms with Crippen molar-refractivity contribution in [2.24, 2.45) is 11.3 Å². The van der Waals surface area contributed by atoms with Crippen LogP contribution in [-0.2, 0) is 4.79 Å². The Kier molecular flexibility index (Phi) is 5.15. The zero-order valence-corrected chi connectivity index (χ0v) is 13.0. The Hall–Kier alpha value is -1.32. The molecule has 0 aliphatic heterocycles. The van der Waals surface area contributed by atoms with E-state index in [9.17, 15) is 4.79 Å². The Morgan fingerprint density at radius 1 is 1.37 bits per heavy atom. The molecule has 1 aromatic rings. The SMILES string of the molecule is CC(CC(=O)Nc1cc(C(C)C)[nH]n1)CC(C)(C)C. The summed E-state index contributed by atoms with van der Waals surface area (Å²) < 4.78 is 0. The normalized spacial score (nSPS) is 13.6. The van der Waals surface area contributed by atoms with Crippen LogP contribution in [0.25, 0.3) is 0 Å². The van der Waals surface area contributed by atoms with Gasteiger partial charge in [0.25, 0.3) is 0 Å². The zero-order valence-electron chi connectivity index (χ0n) is 13.0. The molecular weight excluding hydrogens is 238 g/mol. The fraction of sp³-hybridized carbons (Fsp3) is 0.733. The fourth-order valence-corrected chi connectivity index (χ4v) is 2.32. The Balaban J connectivity index is 2.46. The molecule has 2 N–H and O–H groups in total. The van der Waals surface area contributed by atoms with Crippen LogP contribution in [0.5, 0.6) is 0 Å². The van der Waals surface area contributed by atoms with Gasteiger partial charge in [0.2, 0.25) is 5.91 Å². The van der Waals surface area contributed by atoms with Gasteiger partial charge in [-0.05, 0) is 23.7 Å². The molecule has 0 bridgehead atoms. The van der Waals surface area contributed by atoms with E-state index in [0.29, 0.717) is 24.1 Å². The predicted molar refractivity (Wildman–Crippen MR) is 79.2 cm³/mol. The molecule has 0 fully saturated rings. The number of aromatic nitrogens is 2. The van der Waals surface area contributed by atoms with Gasteiger partial charge in [-0.15, -0.1) is 0 Å². The van der Waals surface area contributed by atoms with Crippen LogP contribution in [0.15, 0.2) is 6.07 Å². The van der Waals surface area contributed by atoms with Gasteiger partial charge in [0.1, 0.15) is 0 Å². The van der Waals surface area contributed by atoms with Crippen molar-refractivity contribution < 1.29 is 4.79 Å². The third kappa shape index (κ3) is 5.90. The zero-order chi connectivity index (χ0) is 14.6. The highest BCUT2D eigenvalue weighted by Gasteiger charge is 2.18. The molecule has 0 saturated heterocycles. The van der Waals surface area contributed by atoms with Crippen LogP contribution in [-0.4, -0.2) is 16.1 Å². The lowest BCUT2D eigenvalue weighted by atomic mass is 9.84. The number of nitrogens with one attached hydrogen (secondary N) is 2. The monoisotopic (exact) mass is 265 g/mol. The van der Waals surface area contributed by atoms with Crippen molar-refractivity contribution in [3.8, 4) is 0 Å². The lowest BCUT2D eigenvalue weighted by molar-refractivity contribution is -0.117. The van der Waals surface area contributed by atoms with Crippen LogP contribution >= 0.6 is 0 Å². The van der Waals surface area contributed by atoms with E-state index in [-0.39, 0.29) is 11.3 Å². The van der Waals surface area contributed by atoms with Gasteiger partial charge < -0.3 is 5.32 Å². The van der Waals surface area contributed by atoms with Crippen molar-refractivity contribution in [2.45, 2.75) is 60.3 Å². The largest absolute Gasteiger partial charge is 0.309 e. The minimum atomic E-state index is 0.0403. The van der Waals surface area contributed by atoms with Crippen molar-refractivity contribution >= 4 is 11.7 Å². The molecule has 1 atom stereocenters. The standard InChI is InChI=1S/C15H27N3O/c1-10(2)12-8-13(18-17-12)16-14(19)7-11(3)9-15(4,5)6/h8,10-11H,7,9H2,1-6H3,(H2,16,17,18,19). The van der Waals surface area contributed by atoms with Crippen molar-refractivity contribution in [1.82, 2.24) is 10.2 Å². The molecule has 1 amide bonds. The number of amides is 1. The van der Waals surface area contributed by atoms with Gasteiger partial charge in [-0.25, -0.2) is 0 Å². The number of aromatic amines is 1. The highest BCUT2D eigenvalue weighted by atomic mass is 16.1. The van der Waals surface area contributed by atoms with Gasteiger partial charge in [-0.1, -0.05) is 41.5 Å². The fourth-order valence-electron chi connectivity index (χ4n) is 2.32. The second kappa shape index (κ2) is 6.22. The first-order chi connectivity index (χ1) is 8.67. The first kappa shape index (κ1) is 15.7. The Labute approximate surface area is 116 Å². The van der Waals surface area contributed by atoms with Gasteiger partial charge >= 0.3 is 0 Å². The van der Waals surface area contributed by atoms with Crippen LogP contribution in [0.2, 0.25) is 0 Å². The molecular formula is C15H27N3O. The highest BCUT2D eigenvalue weighted by molar-refractivity contribution is 5.89. The molecule has 0 aliphatic carbocycles. The second-order valence-electron chi connectivity index (χ2n) is 6.99. The maximum Gasteiger partial charge on any atom is 0.225 e. The smallest absolute Gasteiger partial charge is 0.225 e. The van der Waals surface area contributed by atoms with Gasteiger partial charge in [-0.3, -0.25) is 9.89 Å². The summed E-state index contributed by atoms with van der Waals surface area (Å²) in [5.74, 6) is 1.43. The molecule has 0 aromatic carbocycles. The topological polar surface area (TPSA) is 57.8 Å². The van der Waals surface area contributed by atoms with Crippen molar-refractivity contribution in [2.75, 3.05) is 5.32 Å². The van der Waals surface area contributed by atoms with Gasteiger partial charge in [0, 0.05) is 18.2 Å². The molecule has 108 valence electrons. The predicted octanol–water partition coefficient (Wildman–Crippen LogP) is 3.93. The number of nitrogens with zero attached hydrogens (tertiary/aromatic N) is 1. The summed E-state index contributed by atoms with van der Waals surface area (Å²) in [5, 5.41) is 9.89. The number of H-pyrrole nitrogens is 1. The average molecular weight is 265 g/mol. The molecule has 1 rings (SSSR count). The van der Waals surface area contributed by atoms with Crippen LogP contribution in [0.3, 0.4) is 0 Å². The Bertz CT molecular complexity index is 415. The van der Waals surface area contributed by atoms with E-state index in [1.54, 1.807) is 0 Å². The Morgan fingerprint density at radius 2 is 2.00 bits per heavy atom. The molecule has 4 heteroatoms. The van der Waals surface area contributed by atoms with Crippen LogP contribution < -0.4 is 5.32 Å². The number of carbonyl (C=O) groups is 1. The molecule has 0 saturated carbocycles. The van der Waals surface area contributed by atoms with E-state index in [0.717, 1.165) is 12.1 Å². The van der Waals surface area contributed by atoms with Crippen LogP contribution in [0.4, 0.5) is 5.82 Å². The number of hydrogen-bond donors (Lipinski definition) is 2. The molecule has 0 aliphatic rings. The van der Waals surface area contributed by atoms with Crippen LogP contribution in [0, 0.1) is 11.3 Å². The number of rotatable bonds is 5. The van der Waals surface area contributed by atoms with E-state index in [2.05, 4.69) is 57.1 Å². The van der Waals surface area contributed by atoms with Gasteiger partial charge in [0.15, 0.2) is 5.82 Å². The Morgan fingerprint density at radius 3 is 2.47 bits per heavy atom. The van der Waals surface area contributed by atoms with Crippen molar-refractivity contribution in [1.29, 1.82) is 0 Å². The van der Waals surface area contributed by atoms with Crippen LogP contribution in [0.1, 0.15) is 66.0 Å². The molecule has 19 heavy (non-hydrogen) atoms. The van der Waals surface area contributed by atoms with E-state index < -0.39 is 0 Å². The van der Waals surface area contributed by atoms with Crippen molar-refractivity contribution in [3.05, 3.63) is 11.8 Å². The summed E-state index contributed by atoms with van der Waals surface area (Å²) in [6.07, 6.45) is 1.58. The van der Waals surface area contributed by atoms with E-state index in [1.807, 2.05) is 6.07 Å². The molecule has 0 spiro atoms. The van der Waals surface area contributed by atoms with Gasteiger partial charge in [0.05, 0.1) is 0 Å². The van der Waals surface area contributed by atoms with E-state index in [1.165, 1.54) is 0 Å². The minimum Gasteiger partial charge on any atom is -0.309 e. The van der Waals surface area contributed by atoms with E-state index >= 15 is 0 Å². The minimum absolute atomic E-state index is 0.0403. The van der Waals surface area contributed by atoms with Gasteiger partial charge in [-0.2, -0.15) is 5.10 Å². The number of carbonyl (C=O) groups excluding carboxylic acids is 1. The lowest BCUT2D eigenvalue weighted by Gasteiger charge is -2.22. The first-order valence-corrected chi connectivity index (χ1v) is 7.02. The lowest BCUT2D eigenvalue weighted by Crippen LogP contribution is -2.19. The molecule has 1 aromatic heterocycles. The molecule has 1 unspecified atom stereocenters. The molecule has 4 nitrogen and oxygen atoms in total. The summed E-state index contributed by atoms with van der Waals surface area (Å²) >= 11 is 0. The summed E-state index contributed by atoms with van der Waals surface area (Å²) in [7, 11) is 0. The average Bonchev–Trinajstić information content (AvgIpc) is 2.62. The summed E-state index contributed by atoms with van der Waals surface area (Å²) in [6.45, 7) is 12.9. The quantitative estimate of drug-likeness (QED) is 0.847. The third-order valence-electron chi connectivity index (χ3n) is 2.98. The summed E-state index contributed by atoms with van der Waals surface area (Å²) in [5.41, 5.74) is 1.30. The van der Waals surface area contributed by atoms with E-state index in [4.69, 9.17) is 0 Å². The maximum absolute atomic E-state index is 11.9. The second-order valence-corrected chi connectivity index (χ2v) is 6.99.